The Kier molecular flexibility index (Phi) is 4.62. The average molecular weight is 303 g/mol. The Balaban J connectivity index is 2.25. The minimum absolute atomic E-state index is 0.0345. The van der Waals surface area contributed by atoms with E-state index in [2.05, 4.69) is 0 Å². The number of aliphatic hydroxyl groups excluding tert-OH is 1. The van der Waals surface area contributed by atoms with E-state index in [9.17, 15) is 17.9 Å². The van der Waals surface area contributed by atoms with Crippen LogP contribution in [0.15, 0.2) is 29.2 Å². The van der Waals surface area contributed by atoms with Crippen molar-refractivity contribution in [1.82, 2.24) is 4.31 Å². The van der Waals surface area contributed by atoms with Crippen molar-refractivity contribution < 1.29 is 22.7 Å². The summed E-state index contributed by atoms with van der Waals surface area (Å²) in [6, 6.07) is 5.29. The summed E-state index contributed by atoms with van der Waals surface area (Å²) >= 11 is 0. The molecule has 2 rings (SSSR count). The van der Waals surface area contributed by atoms with E-state index in [1.165, 1.54) is 12.1 Å². The highest BCUT2D eigenvalue weighted by molar-refractivity contribution is 7.89. The molecule has 1 N–H and O–H groups in total. The molecule has 112 valence electrons. The van der Waals surface area contributed by atoms with Crippen LogP contribution in [0.25, 0.3) is 0 Å². The number of rotatable bonds is 5. The molecule has 20 heavy (non-hydrogen) atoms. The third-order valence-electron chi connectivity index (χ3n) is 3.27. The van der Waals surface area contributed by atoms with Gasteiger partial charge in [-0.25, -0.2) is 12.8 Å². The maximum Gasteiger partial charge on any atom is 0.243 e. The first-order valence-electron chi connectivity index (χ1n) is 6.48. The van der Waals surface area contributed by atoms with Gasteiger partial charge in [0, 0.05) is 6.54 Å². The van der Waals surface area contributed by atoms with Gasteiger partial charge in [-0.3, -0.25) is 0 Å². The van der Waals surface area contributed by atoms with Crippen LogP contribution in [0.3, 0.4) is 0 Å². The molecule has 0 bridgehead atoms. The van der Waals surface area contributed by atoms with E-state index in [4.69, 9.17) is 4.74 Å². The van der Waals surface area contributed by atoms with Gasteiger partial charge in [0.15, 0.2) is 0 Å². The number of alkyl halides is 1. The first kappa shape index (κ1) is 15.2. The summed E-state index contributed by atoms with van der Waals surface area (Å²) in [4.78, 5) is 0.0773. The van der Waals surface area contributed by atoms with E-state index < -0.39 is 22.2 Å². The minimum atomic E-state index is -3.79. The second kappa shape index (κ2) is 6.07. The third kappa shape index (κ3) is 2.94. The molecule has 0 radical (unpaired) electrons. The summed E-state index contributed by atoms with van der Waals surface area (Å²) in [6.07, 6.45) is -1.20. The first-order chi connectivity index (χ1) is 9.48. The van der Waals surface area contributed by atoms with Gasteiger partial charge < -0.3 is 9.84 Å². The lowest BCUT2D eigenvalue weighted by atomic mass is 10.2. The normalized spacial score (nSPS) is 23.9. The maximum atomic E-state index is 13.4. The SMILES string of the molecule is CCOc1ccc(S(=O)(=O)N2C[C@@H](F)C[C@H]2CO)cc1. The summed E-state index contributed by atoms with van der Waals surface area (Å²) in [5.41, 5.74) is 0. The van der Waals surface area contributed by atoms with Crippen LogP contribution in [0, 0.1) is 0 Å². The number of benzene rings is 1. The Bertz CT molecular complexity index is 546. The molecule has 1 aliphatic rings. The van der Waals surface area contributed by atoms with E-state index in [1.807, 2.05) is 6.92 Å². The zero-order valence-corrected chi connectivity index (χ0v) is 12.0. The van der Waals surface area contributed by atoms with Crippen molar-refractivity contribution in [3.05, 3.63) is 24.3 Å². The number of hydrogen-bond acceptors (Lipinski definition) is 4. The Hall–Kier alpha value is -1.18. The molecule has 1 heterocycles. The number of sulfonamides is 1. The maximum absolute atomic E-state index is 13.4. The van der Waals surface area contributed by atoms with Crippen LogP contribution in [0.4, 0.5) is 4.39 Å². The molecule has 5 nitrogen and oxygen atoms in total. The zero-order valence-electron chi connectivity index (χ0n) is 11.2. The van der Waals surface area contributed by atoms with Crippen molar-refractivity contribution in [3.8, 4) is 5.75 Å². The molecule has 0 unspecified atom stereocenters. The van der Waals surface area contributed by atoms with Gasteiger partial charge in [-0.2, -0.15) is 4.31 Å². The van der Waals surface area contributed by atoms with Gasteiger partial charge in [0.25, 0.3) is 0 Å². The van der Waals surface area contributed by atoms with Gasteiger partial charge in [0.2, 0.25) is 10.0 Å². The first-order valence-corrected chi connectivity index (χ1v) is 7.92. The Morgan fingerprint density at radius 2 is 2.05 bits per heavy atom. The lowest BCUT2D eigenvalue weighted by Crippen LogP contribution is -2.37. The van der Waals surface area contributed by atoms with Crippen LogP contribution in [0.2, 0.25) is 0 Å². The predicted molar refractivity (Wildman–Crippen MR) is 71.9 cm³/mol. The third-order valence-corrected chi connectivity index (χ3v) is 5.20. The predicted octanol–water partition coefficient (Wildman–Crippen LogP) is 1.18. The summed E-state index contributed by atoms with van der Waals surface area (Å²) in [6.45, 7) is 1.74. The van der Waals surface area contributed by atoms with Crippen molar-refractivity contribution in [1.29, 1.82) is 0 Å². The molecular weight excluding hydrogens is 285 g/mol. The number of halogens is 1. The average Bonchev–Trinajstić information content (AvgIpc) is 2.82. The van der Waals surface area contributed by atoms with Gasteiger partial charge in [-0.05, 0) is 37.6 Å². The number of aliphatic hydroxyl groups is 1. The highest BCUT2D eigenvalue weighted by Crippen LogP contribution is 2.28. The summed E-state index contributed by atoms with van der Waals surface area (Å²) in [5, 5.41) is 9.19. The summed E-state index contributed by atoms with van der Waals surface area (Å²) < 4.78 is 44.5. The van der Waals surface area contributed by atoms with Crippen molar-refractivity contribution >= 4 is 10.0 Å². The van der Waals surface area contributed by atoms with Crippen LogP contribution >= 0.6 is 0 Å². The molecule has 1 saturated heterocycles. The number of nitrogens with zero attached hydrogens (tertiary/aromatic N) is 1. The fourth-order valence-electron chi connectivity index (χ4n) is 2.30. The van der Waals surface area contributed by atoms with Gasteiger partial charge in [-0.1, -0.05) is 0 Å². The van der Waals surface area contributed by atoms with Crippen LogP contribution < -0.4 is 4.74 Å². The van der Waals surface area contributed by atoms with Gasteiger partial charge >= 0.3 is 0 Å². The van der Waals surface area contributed by atoms with E-state index in [0.717, 1.165) is 4.31 Å². The zero-order chi connectivity index (χ0) is 14.8. The molecule has 0 spiro atoms. The van der Waals surface area contributed by atoms with E-state index in [1.54, 1.807) is 12.1 Å². The molecule has 0 aliphatic carbocycles. The lowest BCUT2D eigenvalue weighted by molar-refractivity contribution is 0.213. The highest BCUT2D eigenvalue weighted by atomic mass is 32.2. The van der Waals surface area contributed by atoms with Gasteiger partial charge in [0.1, 0.15) is 11.9 Å². The summed E-state index contributed by atoms with van der Waals surface area (Å²) in [5.74, 6) is 0.579. The van der Waals surface area contributed by atoms with E-state index >= 15 is 0 Å². The monoisotopic (exact) mass is 303 g/mol. The number of ether oxygens (including phenoxy) is 1. The second-order valence-corrected chi connectivity index (χ2v) is 6.54. The smallest absolute Gasteiger partial charge is 0.243 e. The molecule has 7 heteroatoms. The molecule has 1 aromatic rings. The minimum Gasteiger partial charge on any atom is -0.494 e. The van der Waals surface area contributed by atoms with Crippen molar-refractivity contribution in [2.45, 2.75) is 30.5 Å². The van der Waals surface area contributed by atoms with Crippen molar-refractivity contribution in [2.75, 3.05) is 19.8 Å². The Labute approximate surface area is 118 Å². The Morgan fingerprint density at radius 3 is 2.60 bits per heavy atom. The van der Waals surface area contributed by atoms with E-state index in [-0.39, 0.29) is 24.5 Å². The number of hydrogen-bond donors (Lipinski definition) is 1. The van der Waals surface area contributed by atoms with Gasteiger partial charge in [0.05, 0.1) is 24.2 Å². The highest BCUT2D eigenvalue weighted by Gasteiger charge is 2.40. The largest absolute Gasteiger partial charge is 0.494 e. The molecule has 1 aromatic carbocycles. The molecule has 1 aliphatic heterocycles. The summed E-state index contributed by atoms with van der Waals surface area (Å²) in [7, 11) is -3.79. The van der Waals surface area contributed by atoms with Crippen molar-refractivity contribution in [3.63, 3.8) is 0 Å². The van der Waals surface area contributed by atoms with Gasteiger partial charge in [-0.15, -0.1) is 0 Å². The van der Waals surface area contributed by atoms with Crippen molar-refractivity contribution in [2.24, 2.45) is 0 Å². The lowest BCUT2D eigenvalue weighted by Gasteiger charge is -2.22. The Morgan fingerprint density at radius 1 is 1.40 bits per heavy atom. The molecule has 2 atom stereocenters. The fourth-order valence-corrected chi connectivity index (χ4v) is 3.96. The quantitative estimate of drug-likeness (QED) is 0.887. The van der Waals surface area contributed by atoms with Crippen LogP contribution in [0.1, 0.15) is 13.3 Å². The van der Waals surface area contributed by atoms with Crippen LogP contribution in [-0.4, -0.2) is 49.8 Å². The van der Waals surface area contributed by atoms with Crippen LogP contribution in [0.5, 0.6) is 5.75 Å². The molecular formula is C13H18FNO4S. The standard InChI is InChI=1S/C13H18FNO4S/c1-2-19-12-3-5-13(6-4-12)20(17,18)15-8-10(14)7-11(15)9-16/h3-6,10-11,16H,2,7-9H2,1H3/t10-,11-/m0/s1. The second-order valence-electron chi connectivity index (χ2n) is 4.65. The molecule has 0 aromatic heterocycles. The van der Waals surface area contributed by atoms with Crippen LogP contribution in [-0.2, 0) is 10.0 Å². The fraction of sp³-hybridized carbons (Fsp3) is 0.538. The topological polar surface area (TPSA) is 66.8 Å². The van der Waals surface area contributed by atoms with E-state index in [0.29, 0.717) is 12.4 Å². The molecule has 0 saturated carbocycles. The molecule has 1 fully saturated rings. The molecule has 0 amide bonds.